The van der Waals surface area contributed by atoms with Crippen LogP contribution in [-0.4, -0.2) is 64.1 Å². The van der Waals surface area contributed by atoms with E-state index in [1.807, 2.05) is 24.0 Å². The lowest BCUT2D eigenvalue weighted by Crippen LogP contribution is -2.48. The number of nitrogens with zero attached hydrogens (tertiary/aromatic N) is 5. The van der Waals surface area contributed by atoms with Gasteiger partial charge >= 0.3 is 12.0 Å². The zero-order valence-corrected chi connectivity index (χ0v) is 21.1. The first-order chi connectivity index (χ1) is 17.6. The molecule has 3 aliphatic rings. The fourth-order valence-corrected chi connectivity index (χ4v) is 5.56. The third-order valence-electron chi connectivity index (χ3n) is 7.59. The second-order valence-electron chi connectivity index (χ2n) is 10.0. The van der Waals surface area contributed by atoms with Crippen LogP contribution in [0.1, 0.15) is 63.1 Å². The molecule has 36 heavy (non-hydrogen) atoms. The molecule has 2 amide bonds. The summed E-state index contributed by atoms with van der Waals surface area (Å²) in [6.45, 7) is 4.82. The van der Waals surface area contributed by atoms with E-state index in [9.17, 15) is 9.59 Å². The predicted octanol–water partition coefficient (Wildman–Crippen LogP) is 3.72. The Kier molecular flexibility index (Phi) is 7.63. The van der Waals surface area contributed by atoms with E-state index in [1.165, 1.54) is 19.3 Å². The van der Waals surface area contributed by atoms with Gasteiger partial charge in [-0.2, -0.15) is 0 Å². The van der Waals surface area contributed by atoms with Gasteiger partial charge in [-0.3, -0.25) is 9.78 Å². The van der Waals surface area contributed by atoms with E-state index in [2.05, 4.69) is 15.2 Å². The molecule has 1 aliphatic carbocycles. The van der Waals surface area contributed by atoms with Crippen LogP contribution in [0.25, 0.3) is 11.4 Å². The Bertz CT molecular complexity index is 1060. The van der Waals surface area contributed by atoms with Crippen molar-refractivity contribution in [2.45, 2.75) is 70.9 Å². The smallest absolute Gasteiger partial charge is 0.317 e. The number of carbonyl (C=O) groups excluding carboxylic acids is 2. The second kappa shape index (κ2) is 11.2. The summed E-state index contributed by atoms with van der Waals surface area (Å²) >= 11 is 0. The van der Waals surface area contributed by atoms with Crippen LogP contribution in [0.2, 0.25) is 0 Å². The quantitative estimate of drug-likeness (QED) is 0.635. The Morgan fingerprint density at radius 2 is 1.89 bits per heavy atom. The highest BCUT2D eigenvalue weighted by Crippen LogP contribution is 2.32. The number of hydrogen-bond acceptors (Lipinski definition) is 7. The van der Waals surface area contributed by atoms with Crippen molar-refractivity contribution in [2.24, 2.45) is 5.92 Å². The number of amides is 2. The van der Waals surface area contributed by atoms with Gasteiger partial charge in [-0.15, -0.1) is 0 Å². The van der Waals surface area contributed by atoms with Crippen LogP contribution >= 0.6 is 0 Å². The number of fused-ring (bicyclic) bond motifs is 1. The zero-order chi connectivity index (χ0) is 24.9. The Labute approximate surface area is 212 Å². The van der Waals surface area contributed by atoms with Crippen molar-refractivity contribution < 1.29 is 14.3 Å². The lowest BCUT2D eigenvalue weighted by molar-refractivity contribution is -0.148. The summed E-state index contributed by atoms with van der Waals surface area (Å²) in [5.41, 5.74) is 2.88. The van der Waals surface area contributed by atoms with Crippen LogP contribution in [0.3, 0.4) is 0 Å². The molecule has 0 unspecified atom stereocenters. The molecule has 0 aromatic carbocycles. The number of nitrogens with one attached hydrogen (secondary N) is 1. The lowest BCUT2D eigenvalue weighted by atomic mass is 9.95. The molecule has 1 saturated carbocycles. The Morgan fingerprint density at radius 3 is 2.61 bits per heavy atom. The molecule has 0 atom stereocenters. The highest BCUT2D eigenvalue weighted by Gasteiger charge is 2.32. The van der Waals surface area contributed by atoms with E-state index in [0.29, 0.717) is 45.0 Å². The van der Waals surface area contributed by atoms with Gasteiger partial charge in [-0.05, 0) is 44.7 Å². The number of esters is 1. The Morgan fingerprint density at radius 1 is 1.08 bits per heavy atom. The normalized spacial score (nSPS) is 19.0. The molecule has 1 N–H and O–H groups in total. The van der Waals surface area contributed by atoms with E-state index in [4.69, 9.17) is 14.7 Å². The number of rotatable bonds is 5. The monoisotopic (exact) mass is 492 g/mol. The van der Waals surface area contributed by atoms with Crippen molar-refractivity contribution in [3.63, 3.8) is 0 Å². The molecule has 1 saturated heterocycles. The van der Waals surface area contributed by atoms with Gasteiger partial charge in [0.05, 0.1) is 24.8 Å². The summed E-state index contributed by atoms with van der Waals surface area (Å²) in [7, 11) is 0. The molecule has 9 heteroatoms. The third kappa shape index (κ3) is 5.44. The van der Waals surface area contributed by atoms with Gasteiger partial charge in [0.2, 0.25) is 0 Å². The molecule has 0 radical (unpaired) electrons. The third-order valence-corrected chi connectivity index (χ3v) is 7.59. The number of anilines is 1. The summed E-state index contributed by atoms with van der Waals surface area (Å²) in [6.07, 6.45) is 11.4. The molecule has 5 rings (SSSR count). The molecule has 2 aromatic heterocycles. The van der Waals surface area contributed by atoms with Crippen molar-refractivity contribution in [2.75, 3.05) is 31.1 Å². The standard InChI is InChI=1S/C27H36N6O3/c1-2-36-26(34)19-10-14-32(15-11-19)25-22-18-33(27(35)29-21-8-4-3-5-9-21)16-12-23(22)30-24(31-25)20-7-6-13-28-17-20/h6-7,13,17,19,21H,2-5,8-12,14-16,18H2,1H3,(H,29,35). The minimum Gasteiger partial charge on any atom is -0.466 e. The van der Waals surface area contributed by atoms with Crippen LogP contribution in [0.5, 0.6) is 0 Å². The number of pyridine rings is 1. The van der Waals surface area contributed by atoms with Crippen molar-refractivity contribution in [1.82, 2.24) is 25.2 Å². The van der Waals surface area contributed by atoms with Crippen LogP contribution in [0, 0.1) is 5.92 Å². The fourth-order valence-electron chi connectivity index (χ4n) is 5.56. The van der Waals surface area contributed by atoms with Gasteiger partial charge in [-0.1, -0.05) is 19.3 Å². The molecule has 0 bridgehead atoms. The molecule has 192 valence electrons. The van der Waals surface area contributed by atoms with Crippen molar-refractivity contribution in [3.05, 3.63) is 35.8 Å². The minimum atomic E-state index is -0.108. The van der Waals surface area contributed by atoms with Gasteiger partial charge in [0.25, 0.3) is 0 Å². The van der Waals surface area contributed by atoms with Crippen molar-refractivity contribution in [3.8, 4) is 11.4 Å². The number of carbonyl (C=O) groups is 2. The SMILES string of the molecule is CCOC(=O)C1CCN(c2nc(-c3cccnc3)nc3c2CN(C(=O)NC2CCCCC2)CC3)CC1. The lowest BCUT2D eigenvalue weighted by Gasteiger charge is -2.36. The average molecular weight is 493 g/mol. The van der Waals surface area contributed by atoms with Gasteiger partial charge in [0.1, 0.15) is 5.82 Å². The molecular weight excluding hydrogens is 456 g/mol. The van der Waals surface area contributed by atoms with Crippen molar-refractivity contribution >= 4 is 17.8 Å². The first-order valence-corrected chi connectivity index (χ1v) is 13.4. The van der Waals surface area contributed by atoms with Crippen LogP contribution in [-0.2, 0) is 22.5 Å². The van der Waals surface area contributed by atoms with Crippen LogP contribution in [0.4, 0.5) is 10.6 Å². The molecule has 4 heterocycles. The zero-order valence-electron chi connectivity index (χ0n) is 21.1. The summed E-state index contributed by atoms with van der Waals surface area (Å²) in [6, 6.07) is 4.15. The first-order valence-electron chi connectivity index (χ1n) is 13.4. The maximum Gasteiger partial charge on any atom is 0.317 e. The van der Waals surface area contributed by atoms with Gasteiger partial charge in [-0.25, -0.2) is 14.8 Å². The summed E-state index contributed by atoms with van der Waals surface area (Å²) < 4.78 is 5.25. The van der Waals surface area contributed by atoms with Gasteiger partial charge in [0, 0.05) is 55.6 Å². The topological polar surface area (TPSA) is 101 Å². The summed E-state index contributed by atoms with van der Waals surface area (Å²) in [5, 5.41) is 3.26. The van der Waals surface area contributed by atoms with E-state index < -0.39 is 0 Å². The number of ether oxygens (including phenoxy) is 1. The molecule has 2 aliphatic heterocycles. The molecule has 2 fully saturated rings. The number of hydrogen-bond donors (Lipinski definition) is 1. The average Bonchev–Trinajstić information content (AvgIpc) is 2.93. The minimum absolute atomic E-state index is 0.0101. The highest BCUT2D eigenvalue weighted by atomic mass is 16.5. The van der Waals surface area contributed by atoms with Crippen LogP contribution < -0.4 is 10.2 Å². The molecular formula is C27H36N6O3. The van der Waals surface area contributed by atoms with Gasteiger partial charge < -0.3 is 19.9 Å². The number of piperidine rings is 1. The summed E-state index contributed by atoms with van der Waals surface area (Å²) in [4.78, 5) is 43.7. The largest absolute Gasteiger partial charge is 0.466 e. The first kappa shape index (κ1) is 24.5. The Hall–Kier alpha value is -3.23. The highest BCUT2D eigenvalue weighted by molar-refractivity contribution is 5.76. The van der Waals surface area contributed by atoms with E-state index in [0.717, 1.165) is 48.3 Å². The molecule has 2 aromatic rings. The van der Waals surface area contributed by atoms with Gasteiger partial charge in [0.15, 0.2) is 5.82 Å². The van der Waals surface area contributed by atoms with E-state index >= 15 is 0 Å². The Balaban J connectivity index is 1.38. The number of aromatic nitrogens is 3. The van der Waals surface area contributed by atoms with E-state index in [-0.39, 0.29) is 24.0 Å². The molecule has 0 spiro atoms. The summed E-state index contributed by atoms with van der Waals surface area (Å²) in [5.74, 6) is 1.35. The molecule has 9 nitrogen and oxygen atoms in total. The predicted molar refractivity (Wildman–Crippen MR) is 136 cm³/mol. The fraction of sp³-hybridized carbons (Fsp3) is 0.593. The second-order valence-corrected chi connectivity index (χ2v) is 10.0. The van der Waals surface area contributed by atoms with Crippen LogP contribution in [0.15, 0.2) is 24.5 Å². The number of urea groups is 1. The van der Waals surface area contributed by atoms with E-state index in [1.54, 1.807) is 12.4 Å². The maximum absolute atomic E-state index is 13.1. The maximum atomic E-state index is 13.1. The van der Waals surface area contributed by atoms with Crippen molar-refractivity contribution in [1.29, 1.82) is 0 Å².